The summed E-state index contributed by atoms with van der Waals surface area (Å²) in [7, 11) is 0. The van der Waals surface area contributed by atoms with Gasteiger partial charge in [-0.25, -0.2) is 9.48 Å². The number of nitrogens with one attached hydrogen (secondary N) is 1. The first-order valence-electron chi connectivity index (χ1n) is 8.00. The minimum Gasteiger partial charge on any atom is -0.449 e. The molecule has 0 saturated carbocycles. The topological polar surface area (TPSA) is 61.1 Å². The molecule has 0 radical (unpaired) electrons. The fourth-order valence-corrected chi connectivity index (χ4v) is 2.37. The predicted molar refractivity (Wildman–Crippen MR) is 92.8 cm³/mol. The molecule has 0 spiro atoms. The number of benzene rings is 1. The van der Waals surface area contributed by atoms with Crippen LogP contribution in [0.4, 0.5) is 10.5 Å². The Bertz CT molecular complexity index is 779. The van der Waals surface area contributed by atoms with Gasteiger partial charge in [-0.3, -0.25) is 5.32 Å². The van der Waals surface area contributed by atoms with E-state index >= 15 is 0 Å². The maximum absolute atomic E-state index is 12.0. The molecule has 6 heteroatoms. The van der Waals surface area contributed by atoms with E-state index in [0.29, 0.717) is 12.3 Å². The Kier molecular flexibility index (Phi) is 4.96. The quantitative estimate of drug-likeness (QED) is 0.697. The van der Waals surface area contributed by atoms with Gasteiger partial charge >= 0.3 is 6.09 Å². The minimum absolute atomic E-state index is 0.411. The van der Waals surface area contributed by atoms with Crippen LogP contribution in [0.3, 0.4) is 0 Å². The molecule has 0 bridgehead atoms. The second-order valence-corrected chi connectivity index (χ2v) is 5.33. The molecule has 1 N–H and O–H groups in total. The average Bonchev–Trinajstić information content (AvgIpc) is 3.25. The van der Waals surface area contributed by atoms with Crippen LogP contribution >= 0.6 is 0 Å². The van der Waals surface area contributed by atoms with Gasteiger partial charge in [0.2, 0.25) is 0 Å². The third kappa shape index (κ3) is 3.48. The highest BCUT2D eigenvalue weighted by Crippen LogP contribution is 2.24. The first-order chi connectivity index (χ1) is 11.8. The lowest BCUT2D eigenvalue weighted by atomic mass is 10.3. The lowest BCUT2D eigenvalue weighted by molar-refractivity contribution is 0.160. The summed E-state index contributed by atoms with van der Waals surface area (Å²) in [5.41, 5.74) is 1.50. The summed E-state index contributed by atoms with van der Waals surface area (Å²) in [6.45, 7) is 2.46. The Morgan fingerprint density at radius 3 is 2.62 bits per heavy atom. The highest BCUT2D eigenvalue weighted by molar-refractivity contribution is 5.87. The molecular formula is C18H20N4O2. The minimum atomic E-state index is -0.468. The molecule has 1 amide bonds. The zero-order valence-electron chi connectivity index (χ0n) is 13.6. The number of hydrogen-bond acceptors (Lipinski definition) is 3. The second kappa shape index (κ2) is 7.50. The smallest absolute Gasteiger partial charge is 0.411 e. The highest BCUT2D eigenvalue weighted by atomic mass is 16.5. The van der Waals surface area contributed by atoms with Gasteiger partial charge in [0.05, 0.1) is 18.5 Å². The molecule has 3 rings (SSSR count). The maximum atomic E-state index is 12.0. The van der Waals surface area contributed by atoms with Crippen LogP contribution in [0.2, 0.25) is 0 Å². The van der Waals surface area contributed by atoms with Crippen molar-refractivity contribution < 1.29 is 9.53 Å². The van der Waals surface area contributed by atoms with E-state index in [1.165, 1.54) is 0 Å². The molecule has 0 unspecified atom stereocenters. The number of hydrogen-bond donors (Lipinski definition) is 1. The molecule has 3 aromatic rings. The van der Waals surface area contributed by atoms with Crippen molar-refractivity contribution in [1.82, 2.24) is 14.3 Å². The molecular weight excluding hydrogens is 304 g/mol. The molecule has 0 saturated heterocycles. The van der Waals surface area contributed by atoms with Gasteiger partial charge in [-0.2, -0.15) is 5.10 Å². The maximum Gasteiger partial charge on any atom is 0.411 e. The number of amides is 1. The Morgan fingerprint density at radius 2 is 1.92 bits per heavy atom. The van der Waals surface area contributed by atoms with Crippen molar-refractivity contribution >= 4 is 11.8 Å². The van der Waals surface area contributed by atoms with Gasteiger partial charge in [0.1, 0.15) is 5.69 Å². The lowest BCUT2D eigenvalue weighted by Gasteiger charge is -2.11. The number of rotatable bonds is 6. The van der Waals surface area contributed by atoms with Crippen molar-refractivity contribution in [2.45, 2.75) is 19.8 Å². The number of para-hydroxylation sites is 1. The van der Waals surface area contributed by atoms with Gasteiger partial charge in [0.15, 0.2) is 5.82 Å². The first kappa shape index (κ1) is 15.9. The first-order valence-corrected chi connectivity index (χ1v) is 8.00. The summed E-state index contributed by atoms with van der Waals surface area (Å²) >= 11 is 0. The molecule has 2 heterocycles. The summed E-state index contributed by atoms with van der Waals surface area (Å²) in [4.78, 5) is 12.0. The van der Waals surface area contributed by atoms with Gasteiger partial charge in [0, 0.05) is 12.4 Å². The Morgan fingerprint density at radius 1 is 1.17 bits per heavy atom. The fourth-order valence-electron chi connectivity index (χ4n) is 2.37. The number of unbranched alkanes of at least 4 members (excludes halogenated alkanes) is 1. The predicted octanol–water partition coefficient (Wildman–Crippen LogP) is 4.01. The standard InChI is InChI=1S/C18H20N4O2/c1-2-3-13-24-18(23)20-16-14-19-22(15-9-5-4-6-10-15)17(16)21-11-7-8-12-21/h4-12,14H,2-3,13H2,1H3,(H,20,23). The summed E-state index contributed by atoms with van der Waals surface area (Å²) in [5, 5.41) is 7.20. The molecule has 1 aromatic carbocycles. The molecule has 0 aliphatic rings. The summed E-state index contributed by atoms with van der Waals surface area (Å²) < 4.78 is 8.86. The van der Waals surface area contributed by atoms with E-state index in [1.54, 1.807) is 10.9 Å². The molecule has 0 aliphatic carbocycles. The van der Waals surface area contributed by atoms with Crippen LogP contribution in [-0.4, -0.2) is 27.0 Å². The molecule has 0 atom stereocenters. The zero-order valence-corrected chi connectivity index (χ0v) is 13.6. The van der Waals surface area contributed by atoms with E-state index in [9.17, 15) is 4.79 Å². The van der Waals surface area contributed by atoms with Crippen molar-refractivity contribution in [3.05, 3.63) is 61.1 Å². The van der Waals surface area contributed by atoms with Crippen LogP contribution in [0.25, 0.3) is 11.5 Å². The van der Waals surface area contributed by atoms with E-state index in [1.807, 2.05) is 59.4 Å². The van der Waals surface area contributed by atoms with E-state index in [2.05, 4.69) is 17.3 Å². The lowest BCUT2D eigenvalue weighted by Crippen LogP contribution is -2.16. The van der Waals surface area contributed by atoms with Crippen molar-refractivity contribution in [3.63, 3.8) is 0 Å². The molecule has 2 aromatic heterocycles. The van der Waals surface area contributed by atoms with Gasteiger partial charge in [-0.15, -0.1) is 0 Å². The number of carbonyl (C=O) groups is 1. The van der Waals surface area contributed by atoms with E-state index in [0.717, 1.165) is 24.3 Å². The van der Waals surface area contributed by atoms with Crippen molar-refractivity contribution in [2.75, 3.05) is 11.9 Å². The average molecular weight is 324 g/mol. The van der Waals surface area contributed by atoms with Crippen molar-refractivity contribution in [2.24, 2.45) is 0 Å². The molecule has 0 aliphatic heterocycles. The molecule has 6 nitrogen and oxygen atoms in total. The van der Waals surface area contributed by atoms with E-state index in [4.69, 9.17) is 4.74 Å². The number of aromatic nitrogens is 3. The van der Waals surface area contributed by atoms with Crippen molar-refractivity contribution in [1.29, 1.82) is 0 Å². The Labute approximate surface area is 140 Å². The van der Waals surface area contributed by atoms with Crippen molar-refractivity contribution in [3.8, 4) is 11.5 Å². The monoisotopic (exact) mass is 324 g/mol. The summed E-state index contributed by atoms with van der Waals surface area (Å²) in [6, 6.07) is 13.6. The molecule has 124 valence electrons. The van der Waals surface area contributed by atoms with Crippen LogP contribution in [-0.2, 0) is 4.74 Å². The van der Waals surface area contributed by atoms with Crippen LogP contribution in [0, 0.1) is 0 Å². The third-order valence-corrected chi connectivity index (χ3v) is 3.56. The van der Waals surface area contributed by atoms with Crippen LogP contribution < -0.4 is 5.32 Å². The summed E-state index contributed by atoms with van der Waals surface area (Å²) in [6.07, 6.45) is 6.80. The molecule has 24 heavy (non-hydrogen) atoms. The largest absolute Gasteiger partial charge is 0.449 e. The van der Waals surface area contributed by atoms with Crippen LogP contribution in [0.5, 0.6) is 0 Å². The van der Waals surface area contributed by atoms with Crippen LogP contribution in [0.15, 0.2) is 61.1 Å². The van der Waals surface area contributed by atoms with Gasteiger partial charge in [-0.05, 0) is 30.7 Å². The number of anilines is 1. The third-order valence-electron chi connectivity index (χ3n) is 3.56. The van der Waals surface area contributed by atoms with Gasteiger partial charge in [-0.1, -0.05) is 31.5 Å². The van der Waals surface area contributed by atoms with E-state index < -0.39 is 6.09 Å². The number of ether oxygens (including phenoxy) is 1. The fraction of sp³-hybridized carbons (Fsp3) is 0.222. The normalized spacial score (nSPS) is 10.5. The Hall–Kier alpha value is -3.02. The highest BCUT2D eigenvalue weighted by Gasteiger charge is 2.16. The number of carbonyl (C=O) groups excluding carboxylic acids is 1. The second-order valence-electron chi connectivity index (χ2n) is 5.33. The SMILES string of the molecule is CCCCOC(=O)Nc1cnn(-c2ccccc2)c1-n1cccc1. The number of nitrogens with zero attached hydrogens (tertiary/aromatic N) is 3. The van der Waals surface area contributed by atoms with Gasteiger partial charge in [0.25, 0.3) is 0 Å². The summed E-state index contributed by atoms with van der Waals surface area (Å²) in [5.74, 6) is 0.749. The Balaban J connectivity index is 1.90. The molecule has 0 fully saturated rings. The van der Waals surface area contributed by atoms with Crippen LogP contribution in [0.1, 0.15) is 19.8 Å². The van der Waals surface area contributed by atoms with E-state index in [-0.39, 0.29) is 0 Å². The van der Waals surface area contributed by atoms with Gasteiger partial charge < -0.3 is 9.30 Å². The zero-order chi connectivity index (χ0) is 16.8.